The number of urea groups is 1. The molecule has 0 saturated heterocycles. The summed E-state index contributed by atoms with van der Waals surface area (Å²) in [6.45, 7) is 10.2. The summed E-state index contributed by atoms with van der Waals surface area (Å²) in [4.78, 5) is 18.9. The van der Waals surface area contributed by atoms with Crippen LogP contribution in [0.3, 0.4) is 0 Å². The van der Waals surface area contributed by atoms with Crippen LogP contribution in [-0.4, -0.2) is 41.0 Å². The number of aryl methyl sites for hydroxylation is 1. The van der Waals surface area contributed by atoms with Gasteiger partial charge in [0, 0.05) is 12.1 Å². The van der Waals surface area contributed by atoms with Crippen LogP contribution in [0.25, 0.3) is 0 Å². The summed E-state index contributed by atoms with van der Waals surface area (Å²) in [6, 6.07) is 16.9. The van der Waals surface area contributed by atoms with E-state index >= 15 is 0 Å². The fourth-order valence-corrected chi connectivity index (χ4v) is 5.33. The van der Waals surface area contributed by atoms with Gasteiger partial charge in [-0.15, -0.1) is 0 Å². The summed E-state index contributed by atoms with van der Waals surface area (Å²) in [5.74, 6) is -0.132. The number of aromatic nitrogens is 2. The van der Waals surface area contributed by atoms with Crippen LogP contribution >= 0.6 is 0 Å². The van der Waals surface area contributed by atoms with E-state index in [9.17, 15) is 13.2 Å². The maximum absolute atomic E-state index is 13.5. The van der Waals surface area contributed by atoms with Crippen molar-refractivity contribution in [1.82, 2.24) is 19.8 Å². The van der Waals surface area contributed by atoms with E-state index in [1.165, 1.54) is 0 Å². The molecule has 1 N–H and O–H groups in total. The van der Waals surface area contributed by atoms with E-state index in [0.717, 1.165) is 16.7 Å². The Morgan fingerprint density at radius 1 is 1.03 bits per heavy atom. The Hall–Kier alpha value is -3.13. The molecule has 0 aliphatic heterocycles. The minimum atomic E-state index is -3.73. The molecular weight excluding hydrogens is 448 g/mol. The molecule has 0 radical (unpaired) electrons. The van der Waals surface area contributed by atoms with Gasteiger partial charge in [0.2, 0.25) is 15.0 Å². The van der Waals surface area contributed by atoms with E-state index < -0.39 is 9.84 Å². The summed E-state index contributed by atoms with van der Waals surface area (Å²) < 4.78 is 28.7. The largest absolute Gasteiger partial charge is 0.336 e. The van der Waals surface area contributed by atoms with Gasteiger partial charge >= 0.3 is 6.03 Å². The summed E-state index contributed by atoms with van der Waals surface area (Å²) in [7, 11) is -3.73. The average molecular weight is 483 g/mol. The SMILES string of the molecule is Cc1ccccc1CS(=O)(=O)c1ncc(CN(C(=O)NC(C)C)C(C)C)n1Cc1ccccc1. The number of nitrogens with one attached hydrogen (secondary N) is 1. The Morgan fingerprint density at radius 2 is 1.68 bits per heavy atom. The molecule has 7 nitrogen and oxygen atoms in total. The number of benzene rings is 2. The van der Waals surface area contributed by atoms with Gasteiger partial charge in [0.25, 0.3) is 0 Å². The second-order valence-electron chi connectivity index (χ2n) is 9.12. The van der Waals surface area contributed by atoms with Crippen molar-refractivity contribution < 1.29 is 13.2 Å². The minimum Gasteiger partial charge on any atom is -0.336 e. The lowest BCUT2D eigenvalue weighted by atomic mass is 10.1. The van der Waals surface area contributed by atoms with Crippen molar-refractivity contribution in [3.05, 3.63) is 83.2 Å². The standard InChI is InChI=1S/C26H34N4O3S/c1-19(2)28-25(31)29(20(3)4)17-24-15-27-26(30(24)16-22-12-7-6-8-13-22)34(32,33)18-23-14-10-9-11-21(23)5/h6-15,19-20H,16-18H2,1-5H3,(H,28,31). The molecule has 1 heterocycles. The number of hydrogen-bond acceptors (Lipinski definition) is 4. The number of hydrogen-bond donors (Lipinski definition) is 1. The predicted octanol–water partition coefficient (Wildman–Crippen LogP) is 4.54. The zero-order valence-corrected chi connectivity index (χ0v) is 21.3. The molecule has 0 unspecified atom stereocenters. The molecule has 34 heavy (non-hydrogen) atoms. The van der Waals surface area contributed by atoms with Gasteiger partial charge in [0.1, 0.15) is 0 Å². The first-order chi connectivity index (χ1) is 16.1. The van der Waals surface area contributed by atoms with Crippen LogP contribution in [0.4, 0.5) is 4.79 Å². The molecule has 2 aromatic carbocycles. The maximum Gasteiger partial charge on any atom is 0.318 e. The number of carbonyl (C=O) groups excluding carboxylic acids is 1. The highest BCUT2D eigenvalue weighted by molar-refractivity contribution is 7.90. The summed E-state index contributed by atoms with van der Waals surface area (Å²) in [6.07, 6.45) is 1.58. The highest BCUT2D eigenvalue weighted by atomic mass is 32.2. The van der Waals surface area contributed by atoms with Crippen molar-refractivity contribution in [2.45, 2.75) is 70.7 Å². The highest BCUT2D eigenvalue weighted by Crippen LogP contribution is 2.22. The molecule has 0 aliphatic carbocycles. The smallest absolute Gasteiger partial charge is 0.318 e. The number of amides is 2. The molecule has 0 spiro atoms. The summed E-state index contributed by atoms with van der Waals surface area (Å²) >= 11 is 0. The van der Waals surface area contributed by atoms with Crippen LogP contribution in [0.5, 0.6) is 0 Å². The quantitative estimate of drug-likeness (QED) is 0.485. The van der Waals surface area contributed by atoms with Crippen molar-refractivity contribution in [3.63, 3.8) is 0 Å². The van der Waals surface area contributed by atoms with Crippen molar-refractivity contribution in [2.24, 2.45) is 0 Å². The lowest BCUT2D eigenvalue weighted by molar-refractivity contribution is 0.175. The molecule has 182 valence electrons. The second kappa shape index (κ2) is 10.9. The van der Waals surface area contributed by atoms with Gasteiger partial charge in [-0.25, -0.2) is 18.2 Å². The maximum atomic E-state index is 13.5. The van der Waals surface area contributed by atoms with Crippen molar-refractivity contribution in [3.8, 4) is 0 Å². The number of imidazole rings is 1. The molecule has 0 bridgehead atoms. The predicted molar refractivity (Wildman–Crippen MR) is 134 cm³/mol. The van der Waals surface area contributed by atoms with Gasteiger partial charge in [0.15, 0.2) is 0 Å². The van der Waals surface area contributed by atoms with E-state index in [1.54, 1.807) is 15.7 Å². The number of carbonyl (C=O) groups is 1. The van der Waals surface area contributed by atoms with Gasteiger partial charge in [-0.2, -0.15) is 0 Å². The van der Waals surface area contributed by atoms with Crippen LogP contribution in [-0.2, 0) is 28.7 Å². The minimum absolute atomic E-state index is 0.00645. The first kappa shape index (κ1) is 25.5. The van der Waals surface area contributed by atoms with E-state index in [4.69, 9.17) is 0 Å². The Kier molecular flexibility index (Phi) is 8.15. The van der Waals surface area contributed by atoms with Gasteiger partial charge in [0.05, 0.1) is 30.7 Å². The van der Waals surface area contributed by atoms with Crippen LogP contribution < -0.4 is 5.32 Å². The molecule has 0 atom stereocenters. The first-order valence-electron chi connectivity index (χ1n) is 11.5. The second-order valence-corrected chi connectivity index (χ2v) is 11.0. The summed E-state index contributed by atoms with van der Waals surface area (Å²) in [5.41, 5.74) is 3.29. The highest BCUT2D eigenvalue weighted by Gasteiger charge is 2.27. The Labute approximate surface area is 202 Å². The normalized spacial score (nSPS) is 11.7. The molecule has 2 amide bonds. The zero-order chi connectivity index (χ0) is 24.9. The van der Waals surface area contributed by atoms with Gasteiger partial charge < -0.3 is 14.8 Å². The fraction of sp³-hybridized carbons (Fsp3) is 0.385. The summed E-state index contributed by atoms with van der Waals surface area (Å²) in [5, 5.41) is 2.94. The third-order valence-corrected chi connectivity index (χ3v) is 7.17. The average Bonchev–Trinajstić information content (AvgIpc) is 3.16. The fourth-order valence-electron chi connectivity index (χ4n) is 3.74. The molecule has 1 aromatic heterocycles. The van der Waals surface area contributed by atoms with Gasteiger partial charge in [-0.1, -0.05) is 54.6 Å². The van der Waals surface area contributed by atoms with E-state index in [0.29, 0.717) is 12.2 Å². The van der Waals surface area contributed by atoms with Crippen LogP contribution in [0.2, 0.25) is 0 Å². The third kappa shape index (κ3) is 6.26. The third-order valence-electron chi connectivity index (χ3n) is 5.60. The first-order valence-corrected chi connectivity index (χ1v) is 13.2. The van der Waals surface area contributed by atoms with Crippen molar-refractivity contribution >= 4 is 15.9 Å². The Balaban J connectivity index is 2.02. The molecule has 8 heteroatoms. The Morgan fingerprint density at radius 3 is 2.29 bits per heavy atom. The number of rotatable bonds is 9. The molecule has 0 saturated carbocycles. The van der Waals surface area contributed by atoms with Crippen LogP contribution in [0.15, 0.2) is 66.0 Å². The molecule has 0 fully saturated rings. The zero-order valence-electron chi connectivity index (χ0n) is 20.5. The monoisotopic (exact) mass is 482 g/mol. The molecule has 3 aromatic rings. The molecule has 3 rings (SSSR count). The van der Waals surface area contributed by atoms with E-state index in [-0.39, 0.29) is 35.6 Å². The Bertz CT molecular complexity index is 1220. The molecular formula is C26H34N4O3S. The van der Waals surface area contributed by atoms with Crippen molar-refractivity contribution in [2.75, 3.05) is 0 Å². The van der Waals surface area contributed by atoms with Crippen LogP contribution in [0, 0.1) is 6.92 Å². The number of nitrogens with zero attached hydrogens (tertiary/aromatic N) is 3. The van der Waals surface area contributed by atoms with E-state index in [2.05, 4.69) is 10.3 Å². The van der Waals surface area contributed by atoms with Crippen molar-refractivity contribution in [1.29, 1.82) is 0 Å². The molecule has 0 aliphatic rings. The van der Waals surface area contributed by atoms with Crippen LogP contribution in [0.1, 0.15) is 50.1 Å². The van der Waals surface area contributed by atoms with Gasteiger partial charge in [-0.05, 0) is 51.3 Å². The number of sulfone groups is 1. The topological polar surface area (TPSA) is 84.3 Å². The van der Waals surface area contributed by atoms with Gasteiger partial charge in [-0.3, -0.25) is 0 Å². The lowest BCUT2D eigenvalue weighted by Crippen LogP contribution is -2.46. The lowest BCUT2D eigenvalue weighted by Gasteiger charge is -2.28. The van der Waals surface area contributed by atoms with E-state index in [1.807, 2.05) is 89.2 Å².